The molecule has 0 saturated heterocycles. The maximum absolute atomic E-state index is 12.9. The Bertz CT molecular complexity index is 1300. The molecule has 2 aromatic heterocycles. The summed E-state index contributed by atoms with van der Waals surface area (Å²) in [6.45, 7) is 7.99. The fourth-order valence-corrected chi connectivity index (χ4v) is 4.41. The molecule has 0 aliphatic carbocycles. The molecule has 0 radical (unpaired) electrons. The molecule has 1 aromatic carbocycles. The van der Waals surface area contributed by atoms with Crippen LogP contribution in [0, 0.1) is 32.6 Å². The summed E-state index contributed by atoms with van der Waals surface area (Å²) in [7, 11) is -3.94. The number of nitrogens with one attached hydrogen (secondary N) is 1. The normalized spacial score (nSPS) is 15.4. The van der Waals surface area contributed by atoms with Gasteiger partial charge in [0.25, 0.3) is 10.0 Å². The molecule has 0 spiro atoms. The smallest absolute Gasteiger partial charge is 0.265 e. The lowest BCUT2D eigenvalue weighted by atomic mass is 9.98. The van der Waals surface area contributed by atoms with Crippen molar-refractivity contribution in [2.75, 3.05) is 4.72 Å². The average Bonchev–Trinajstić information content (AvgIpc) is 3.23. The maximum Gasteiger partial charge on any atom is 0.265 e. The molecule has 7 nitrogen and oxygen atoms in total. The van der Waals surface area contributed by atoms with E-state index in [1.165, 1.54) is 17.8 Å². The third-order valence-electron chi connectivity index (χ3n) is 5.18. The standard InChI is InChI=1S/C22H21N3O4S/c1-13-10-19-16(4)28-12-18(19)11-17(13)7-8-20-21(6-5-9-23-20)30(26,27)25-22-14(2)15(3)29-24-22/h5-6,9-11,16H,12H2,1-4H3,(H,24,25). The van der Waals surface area contributed by atoms with Crippen LogP contribution in [0.15, 0.2) is 39.9 Å². The predicted octanol–water partition coefficient (Wildman–Crippen LogP) is 3.79. The fourth-order valence-electron chi connectivity index (χ4n) is 3.24. The summed E-state index contributed by atoms with van der Waals surface area (Å²) in [6.07, 6.45) is 1.59. The van der Waals surface area contributed by atoms with Crippen LogP contribution in [0.3, 0.4) is 0 Å². The van der Waals surface area contributed by atoms with Gasteiger partial charge in [0.05, 0.1) is 12.7 Å². The van der Waals surface area contributed by atoms with E-state index in [2.05, 4.69) is 32.8 Å². The van der Waals surface area contributed by atoms with Gasteiger partial charge in [-0.2, -0.15) is 0 Å². The Hall–Kier alpha value is -3.15. The zero-order chi connectivity index (χ0) is 21.5. The molecule has 4 rings (SSSR count). The van der Waals surface area contributed by atoms with Crippen molar-refractivity contribution in [2.24, 2.45) is 0 Å². The van der Waals surface area contributed by atoms with Crippen molar-refractivity contribution in [3.05, 3.63) is 69.7 Å². The number of aryl methyl sites for hydroxylation is 2. The van der Waals surface area contributed by atoms with Crippen LogP contribution in [0.1, 0.15) is 52.3 Å². The zero-order valence-electron chi connectivity index (χ0n) is 17.1. The largest absolute Gasteiger partial charge is 0.369 e. The molecular formula is C22H21N3O4S. The summed E-state index contributed by atoms with van der Waals surface area (Å²) < 4.78 is 39.0. The topological polar surface area (TPSA) is 94.3 Å². The van der Waals surface area contributed by atoms with E-state index in [-0.39, 0.29) is 22.5 Å². The van der Waals surface area contributed by atoms with Gasteiger partial charge in [-0.25, -0.2) is 13.4 Å². The van der Waals surface area contributed by atoms with Crippen LogP contribution in [0.2, 0.25) is 0 Å². The predicted molar refractivity (Wildman–Crippen MR) is 111 cm³/mol. The van der Waals surface area contributed by atoms with E-state index >= 15 is 0 Å². The quantitative estimate of drug-likeness (QED) is 0.644. The van der Waals surface area contributed by atoms with Gasteiger partial charge in [0.2, 0.25) is 0 Å². The van der Waals surface area contributed by atoms with Crippen molar-refractivity contribution < 1.29 is 17.7 Å². The number of hydrogen-bond acceptors (Lipinski definition) is 6. The number of pyridine rings is 1. The molecule has 3 heterocycles. The van der Waals surface area contributed by atoms with Crippen LogP contribution in [0.5, 0.6) is 0 Å². The van der Waals surface area contributed by atoms with Gasteiger partial charge in [0.1, 0.15) is 16.3 Å². The Morgan fingerprint density at radius 2 is 2.00 bits per heavy atom. The van der Waals surface area contributed by atoms with Crippen molar-refractivity contribution in [1.29, 1.82) is 0 Å². The van der Waals surface area contributed by atoms with Crippen molar-refractivity contribution in [3.63, 3.8) is 0 Å². The average molecular weight is 423 g/mol. The second kappa shape index (κ2) is 7.59. The Morgan fingerprint density at radius 3 is 2.73 bits per heavy atom. The molecule has 8 heteroatoms. The van der Waals surface area contributed by atoms with Gasteiger partial charge in [-0.3, -0.25) is 4.72 Å². The van der Waals surface area contributed by atoms with Crippen LogP contribution in [-0.4, -0.2) is 18.6 Å². The summed E-state index contributed by atoms with van der Waals surface area (Å²) in [6, 6.07) is 7.09. The molecule has 3 aromatic rings. The summed E-state index contributed by atoms with van der Waals surface area (Å²) in [5.74, 6) is 6.69. The van der Waals surface area contributed by atoms with E-state index in [0.717, 1.165) is 16.7 Å². The number of fused-ring (bicyclic) bond motifs is 1. The first-order chi connectivity index (χ1) is 14.3. The molecule has 30 heavy (non-hydrogen) atoms. The van der Waals surface area contributed by atoms with Crippen LogP contribution in [0.25, 0.3) is 0 Å². The lowest BCUT2D eigenvalue weighted by Crippen LogP contribution is -2.16. The lowest BCUT2D eigenvalue weighted by molar-refractivity contribution is 0.0796. The van der Waals surface area contributed by atoms with Crippen molar-refractivity contribution in [3.8, 4) is 11.8 Å². The number of hydrogen-bond donors (Lipinski definition) is 1. The summed E-state index contributed by atoms with van der Waals surface area (Å²) in [5, 5.41) is 3.77. The molecule has 1 unspecified atom stereocenters. The Labute approximate surface area is 175 Å². The first kappa shape index (κ1) is 20.1. The molecule has 1 N–H and O–H groups in total. The molecule has 154 valence electrons. The van der Waals surface area contributed by atoms with E-state index in [4.69, 9.17) is 9.26 Å². The van der Waals surface area contributed by atoms with Crippen LogP contribution in [0.4, 0.5) is 5.82 Å². The Balaban J connectivity index is 1.70. The number of anilines is 1. The number of aromatic nitrogens is 2. The molecule has 0 fully saturated rings. The highest BCUT2D eigenvalue weighted by molar-refractivity contribution is 7.92. The summed E-state index contributed by atoms with van der Waals surface area (Å²) >= 11 is 0. The van der Waals surface area contributed by atoms with Gasteiger partial charge in [-0.1, -0.05) is 17.1 Å². The molecule has 0 bridgehead atoms. The fraction of sp³-hybridized carbons (Fsp3) is 0.273. The van der Waals surface area contributed by atoms with Gasteiger partial charge >= 0.3 is 0 Å². The Morgan fingerprint density at radius 1 is 1.20 bits per heavy atom. The summed E-state index contributed by atoms with van der Waals surface area (Å²) in [5.41, 5.74) is 4.88. The number of ether oxygens (including phenoxy) is 1. The van der Waals surface area contributed by atoms with Crippen LogP contribution < -0.4 is 4.72 Å². The van der Waals surface area contributed by atoms with Crippen molar-refractivity contribution in [2.45, 2.75) is 45.3 Å². The van der Waals surface area contributed by atoms with E-state index in [1.54, 1.807) is 19.9 Å². The maximum atomic E-state index is 12.9. The van der Waals surface area contributed by atoms with Crippen molar-refractivity contribution >= 4 is 15.8 Å². The third-order valence-corrected chi connectivity index (χ3v) is 6.55. The minimum absolute atomic E-state index is 0.0201. The highest BCUT2D eigenvalue weighted by Gasteiger charge is 2.22. The first-order valence-electron chi connectivity index (χ1n) is 9.44. The third kappa shape index (κ3) is 3.70. The SMILES string of the molecule is Cc1cc2c(cc1C#Cc1ncccc1S(=O)(=O)Nc1noc(C)c1C)COC2C. The second-order valence-corrected chi connectivity index (χ2v) is 8.89. The molecule has 0 saturated carbocycles. The summed E-state index contributed by atoms with van der Waals surface area (Å²) in [4.78, 5) is 4.16. The van der Waals surface area contributed by atoms with Crippen LogP contribution in [-0.2, 0) is 21.4 Å². The highest BCUT2D eigenvalue weighted by Crippen LogP contribution is 2.32. The van der Waals surface area contributed by atoms with Gasteiger partial charge < -0.3 is 9.26 Å². The van der Waals surface area contributed by atoms with E-state index in [0.29, 0.717) is 17.9 Å². The number of rotatable bonds is 3. The van der Waals surface area contributed by atoms with Crippen molar-refractivity contribution in [1.82, 2.24) is 10.1 Å². The number of benzene rings is 1. The molecule has 0 amide bonds. The molecule has 1 atom stereocenters. The van der Waals surface area contributed by atoms with E-state index in [9.17, 15) is 8.42 Å². The highest BCUT2D eigenvalue weighted by atomic mass is 32.2. The number of nitrogens with zero attached hydrogens (tertiary/aromatic N) is 2. The second-order valence-electron chi connectivity index (χ2n) is 7.24. The van der Waals surface area contributed by atoms with Gasteiger partial charge in [-0.05, 0) is 68.5 Å². The monoisotopic (exact) mass is 423 g/mol. The first-order valence-corrected chi connectivity index (χ1v) is 10.9. The molecule has 1 aliphatic rings. The van der Waals surface area contributed by atoms with E-state index < -0.39 is 10.0 Å². The zero-order valence-corrected chi connectivity index (χ0v) is 17.9. The van der Waals surface area contributed by atoms with Crippen LogP contribution >= 0.6 is 0 Å². The minimum atomic E-state index is -3.94. The molecular weight excluding hydrogens is 402 g/mol. The lowest BCUT2D eigenvalue weighted by Gasteiger charge is -2.08. The minimum Gasteiger partial charge on any atom is -0.369 e. The van der Waals surface area contributed by atoms with Gasteiger partial charge in [-0.15, -0.1) is 0 Å². The number of sulfonamides is 1. The molecule has 1 aliphatic heterocycles. The Kier molecular flexibility index (Phi) is 5.10. The van der Waals surface area contributed by atoms with Gasteiger partial charge in [0, 0.05) is 17.3 Å². The van der Waals surface area contributed by atoms with E-state index in [1.807, 2.05) is 19.9 Å². The van der Waals surface area contributed by atoms with Gasteiger partial charge in [0.15, 0.2) is 5.82 Å².